The Kier molecular flexibility index (Phi) is 21.7. The molecule has 0 radical (unpaired) electrons. The molecule has 152 valence electrons. The molecule has 1 unspecified atom stereocenters. The molecule has 4 heteroatoms. The van der Waals surface area contributed by atoms with Gasteiger partial charge in [-0.05, 0) is 32.4 Å². The zero-order chi connectivity index (χ0) is 18.4. The number of hydrogen-bond acceptors (Lipinski definition) is 4. The van der Waals surface area contributed by atoms with Crippen LogP contribution in [-0.2, 0) is 0 Å². The summed E-state index contributed by atoms with van der Waals surface area (Å²) in [6, 6.07) is 0. The Morgan fingerprint density at radius 3 is 1.80 bits per heavy atom. The maximum Gasteiger partial charge on any atom is 0.0664 e. The molecule has 0 rings (SSSR count). The highest BCUT2D eigenvalue weighted by Gasteiger charge is 2.03. The van der Waals surface area contributed by atoms with E-state index in [0.717, 1.165) is 39.1 Å². The minimum atomic E-state index is -0.166. The van der Waals surface area contributed by atoms with Crippen molar-refractivity contribution in [3.63, 3.8) is 0 Å². The van der Waals surface area contributed by atoms with Crippen molar-refractivity contribution >= 4 is 0 Å². The highest BCUT2D eigenvalue weighted by molar-refractivity contribution is 4.60. The summed E-state index contributed by atoms with van der Waals surface area (Å²) in [5.74, 6) is 0. The first-order valence-electron chi connectivity index (χ1n) is 11.1. The van der Waals surface area contributed by atoms with Crippen molar-refractivity contribution in [3.05, 3.63) is 0 Å². The van der Waals surface area contributed by atoms with E-state index in [1.807, 2.05) is 0 Å². The average molecular weight is 358 g/mol. The van der Waals surface area contributed by atoms with Crippen molar-refractivity contribution in [2.24, 2.45) is 5.73 Å². The van der Waals surface area contributed by atoms with E-state index in [4.69, 9.17) is 5.73 Å². The number of aliphatic hydroxyl groups is 1. The summed E-state index contributed by atoms with van der Waals surface area (Å²) in [6.07, 6.45) is 18.0. The molecule has 4 nitrogen and oxygen atoms in total. The summed E-state index contributed by atoms with van der Waals surface area (Å²) < 4.78 is 0. The van der Waals surface area contributed by atoms with Gasteiger partial charge in [0.25, 0.3) is 0 Å². The fraction of sp³-hybridized carbons (Fsp3) is 1.00. The first kappa shape index (κ1) is 24.8. The molecule has 0 aromatic rings. The molecule has 0 saturated carbocycles. The lowest BCUT2D eigenvalue weighted by Gasteiger charge is -2.12. The Morgan fingerprint density at radius 2 is 1.20 bits per heavy atom. The fourth-order valence-corrected chi connectivity index (χ4v) is 3.14. The number of aliphatic hydroxyl groups excluding tert-OH is 1. The van der Waals surface area contributed by atoms with Gasteiger partial charge in [0.1, 0.15) is 0 Å². The van der Waals surface area contributed by atoms with Gasteiger partial charge < -0.3 is 21.5 Å². The topological polar surface area (TPSA) is 70.3 Å². The fourth-order valence-electron chi connectivity index (χ4n) is 3.14. The van der Waals surface area contributed by atoms with Crippen molar-refractivity contribution in [3.8, 4) is 0 Å². The molecule has 0 aromatic carbocycles. The van der Waals surface area contributed by atoms with Gasteiger partial charge in [0.2, 0.25) is 0 Å². The number of nitrogens with two attached hydrogens (primary N) is 1. The molecule has 5 N–H and O–H groups in total. The molecule has 1 atom stereocenters. The molecular formula is C21H47N3O. The highest BCUT2D eigenvalue weighted by Crippen LogP contribution is 2.11. The van der Waals surface area contributed by atoms with Gasteiger partial charge in [-0.15, -0.1) is 0 Å². The van der Waals surface area contributed by atoms with E-state index in [2.05, 4.69) is 17.6 Å². The molecule has 0 heterocycles. The zero-order valence-corrected chi connectivity index (χ0v) is 17.0. The summed E-state index contributed by atoms with van der Waals surface area (Å²) in [5.41, 5.74) is 5.43. The van der Waals surface area contributed by atoms with Gasteiger partial charge in [-0.25, -0.2) is 0 Å². The quantitative estimate of drug-likeness (QED) is 0.235. The van der Waals surface area contributed by atoms with Crippen LogP contribution in [0, 0.1) is 0 Å². The van der Waals surface area contributed by atoms with E-state index in [1.54, 1.807) is 0 Å². The Hall–Kier alpha value is -0.160. The van der Waals surface area contributed by atoms with Crippen LogP contribution in [0.4, 0.5) is 0 Å². The molecule has 25 heavy (non-hydrogen) atoms. The van der Waals surface area contributed by atoms with Gasteiger partial charge in [0.15, 0.2) is 0 Å². The second-order valence-corrected chi connectivity index (χ2v) is 7.43. The van der Waals surface area contributed by atoms with Crippen LogP contribution in [0.5, 0.6) is 0 Å². The highest BCUT2D eigenvalue weighted by atomic mass is 16.3. The molecule has 0 fully saturated rings. The minimum absolute atomic E-state index is 0.166. The summed E-state index contributed by atoms with van der Waals surface area (Å²) in [4.78, 5) is 0. The van der Waals surface area contributed by atoms with Crippen molar-refractivity contribution in [2.75, 3.05) is 32.7 Å². The van der Waals surface area contributed by atoms with Crippen LogP contribution in [0.25, 0.3) is 0 Å². The Bertz CT molecular complexity index is 239. The third-order valence-electron chi connectivity index (χ3n) is 4.80. The van der Waals surface area contributed by atoms with Crippen molar-refractivity contribution in [1.29, 1.82) is 0 Å². The minimum Gasteiger partial charge on any atom is -0.392 e. The van der Waals surface area contributed by atoms with Gasteiger partial charge >= 0.3 is 0 Å². The third kappa shape index (κ3) is 21.8. The first-order valence-corrected chi connectivity index (χ1v) is 11.1. The van der Waals surface area contributed by atoms with Crippen LogP contribution in [0.2, 0.25) is 0 Å². The van der Waals surface area contributed by atoms with E-state index < -0.39 is 0 Å². The molecule has 0 bridgehead atoms. The van der Waals surface area contributed by atoms with E-state index >= 15 is 0 Å². The maximum absolute atomic E-state index is 9.99. The molecule has 0 aliphatic rings. The van der Waals surface area contributed by atoms with Gasteiger partial charge in [0, 0.05) is 19.6 Å². The monoisotopic (exact) mass is 357 g/mol. The summed E-state index contributed by atoms with van der Waals surface area (Å²) in [6.45, 7) is 6.75. The van der Waals surface area contributed by atoms with Gasteiger partial charge in [-0.1, -0.05) is 77.6 Å². The number of unbranched alkanes of at least 4 members (excludes halogenated alkanes) is 11. The molecule has 0 saturated heterocycles. The normalized spacial score (nSPS) is 12.6. The maximum atomic E-state index is 9.99. The predicted molar refractivity (Wildman–Crippen MR) is 111 cm³/mol. The molecule has 0 aliphatic carbocycles. The summed E-state index contributed by atoms with van der Waals surface area (Å²) >= 11 is 0. The number of nitrogens with one attached hydrogen (secondary N) is 2. The van der Waals surface area contributed by atoms with Gasteiger partial charge in [0.05, 0.1) is 6.10 Å². The average Bonchev–Trinajstić information content (AvgIpc) is 2.62. The smallest absolute Gasteiger partial charge is 0.0664 e. The van der Waals surface area contributed by atoms with Crippen LogP contribution < -0.4 is 16.4 Å². The van der Waals surface area contributed by atoms with Crippen LogP contribution in [0.1, 0.15) is 96.8 Å². The molecule has 0 aliphatic heterocycles. The van der Waals surface area contributed by atoms with E-state index in [0.29, 0.717) is 0 Å². The summed E-state index contributed by atoms with van der Waals surface area (Å²) in [5, 5.41) is 16.7. The first-order chi connectivity index (χ1) is 12.3. The molecular weight excluding hydrogens is 310 g/mol. The Balaban J connectivity index is 3.12. The summed E-state index contributed by atoms with van der Waals surface area (Å²) in [7, 11) is 0. The standard InChI is InChI=1S/C21H47N3O/c1-2-3-4-5-6-7-8-9-10-12-15-21(25)20-24-18-14-11-13-17-23-19-16-22/h21,23-25H,2-20,22H2,1H3. The van der Waals surface area contributed by atoms with Crippen LogP contribution >= 0.6 is 0 Å². The lowest BCUT2D eigenvalue weighted by molar-refractivity contribution is 0.158. The van der Waals surface area contributed by atoms with Crippen molar-refractivity contribution < 1.29 is 5.11 Å². The van der Waals surface area contributed by atoms with Crippen LogP contribution in [-0.4, -0.2) is 43.9 Å². The Morgan fingerprint density at radius 1 is 0.680 bits per heavy atom. The predicted octanol–water partition coefficient (Wildman–Crippen LogP) is 3.97. The second-order valence-electron chi connectivity index (χ2n) is 7.43. The molecule has 0 amide bonds. The van der Waals surface area contributed by atoms with Crippen LogP contribution in [0.15, 0.2) is 0 Å². The lowest BCUT2D eigenvalue weighted by Crippen LogP contribution is -2.27. The SMILES string of the molecule is CCCCCCCCCCCCC(O)CNCCCCCNCCN. The van der Waals surface area contributed by atoms with Crippen molar-refractivity contribution in [2.45, 2.75) is 103 Å². The van der Waals surface area contributed by atoms with E-state index in [9.17, 15) is 5.11 Å². The second kappa shape index (κ2) is 21.9. The Labute approximate surface area is 157 Å². The van der Waals surface area contributed by atoms with Crippen molar-refractivity contribution in [1.82, 2.24) is 10.6 Å². The van der Waals surface area contributed by atoms with Gasteiger partial charge in [-0.3, -0.25) is 0 Å². The number of rotatable bonds is 21. The third-order valence-corrected chi connectivity index (χ3v) is 4.80. The van der Waals surface area contributed by atoms with Crippen LogP contribution in [0.3, 0.4) is 0 Å². The van der Waals surface area contributed by atoms with Gasteiger partial charge in [-0.2, -0.15) is 0 Å². The molecule has 0 spiro atoms. The number of hydrogen-bond donors (Lipinski definition) is 4. The van der Waals surface area contributed by atoms with E-state index in [-0.39, 0.29) is 6.10 Å². The zero-order valence-electron chi connectivity index (χ0n) is 17.0. The lowest BCUT2D eigenvalue weighted by atomic mass is 10.0. The van der Waals surface area contributed by atoms with E-state index in [1.165, 1.54) is 83.5 Å². The molecule has 0 aromatic heterocycles. The largest absolute Gasteiger partial charge is 0.392 e.